The molecule has 0 unspecified atom stereocenters. The lowest BCUT2D eigenvalue weighted by atomic mass is 9.88. The van der Waals surface area contributed by atoms with Crippen molar-refractivity contribution in [3.63, 3.8) is 0 Å². The van der Waals surface area contributed by atoms with Crippen LogP contribution in [-0.2, 0) is 4.74 Å². The topological polar surface area (TPSA) is 124 Å². The van der Waals surface area contributed by atoms with Crippen LogP contribution in [0.15, 0.2) is 39.3 Å². The second-order valence-corrected chi connectivity index (χ2v) is 9.91. The summed E-state index contributed by atoms with van der Waals surface area (Å²) < 4.78 is 4.94. The zero-order chi connectivity index (χ0) is 26.4. The molecule has 4 rings (SSSR count). The van der Waals surface area contributed by atoms with Gasteiger partial charge in [0.25, 0.3) is 11.5 Å². The van der Waals surface area contributed by atoms with Crippen LogP contribution >= 0.6 is 0 Å². The molecular weight excluding hydrogens is 472 g/mol. The smallest absolute Gasteiger partial charge is 0.344 e. The first-order chi connectivity index (χ1) is 17.9. The summed E-state index contributed by atoms with van der Waals surface area (Å²) in [4.78, 5) is 42.4. The van der Waals surface area contributed by atoms with Crippen molar-refractivity contribution in [3.05, 3.63) is 51.3 Å². The average molecular weight is 509 g/mol. The number of rotatable bonds is 7. The van der Waals surface area contributed by atoms with Crippen LogP contribution in [0.5, 0.6) is 5.88 Å². The van der Waals surface area contributed by atoms with Crippen molar-refractivity contribution < 1.29 is 19.4 Å². The van der Waals surface area contributed by atoms with E-state index >= 15 is 0 Å². The average Bonchev–Trinajstić information content (AvgIpc) is 2.90. The minimum absolute atomic E-state index is 0.0245. The molecule has 1 aromatic carbocycles. The highest BCUT2D eigenvalue weighted by molar-refractivity contribution is 5.95. The van der Waals surface area contributed by atoms with E-state index in [0.29, 0.717) is 23.3 Å². The van der Waals surface area contributed by atoms with Gasteiger partial charge in [-0.1, -0.05) is 38.5 Å². The molecule has 2 aliphatic carbocycles. The van der Waals surface area contributed by atoms with Gasteiger partial charge >= 0.3 is 5.97 Å². The number of nitrogens with zero attached hydrogens (tertiary/aromatic N) is 3. The third-order valence-corrected chi connectivity index (χ3v) is 7.44. The number of pyridine rings is 1. The van der Waals surface area contributed by atoms with Crippen LogP contribution in [0.25, 0.3) is 0 Å². The Balaban J connectivity index is 1.55. The van der Waals surface area contributed by atoms with Gasteiger partial charge in [0.15, 0.2) is 0 Å². The summed E-state index contributed by atoms with van der Waals surface area (Å²) in [6.45, 7) is 3.25. The molecule has 2 N–H and O–H groups in total. The lowest BCUT2D eigenvalue weighted by molar-refractivity contribution is 0.0447. The van der Waals surface area contributed by atoms with Crippen molar-refractivity contribution in [2.24, 2.45) is 10.2 Å². The second-order valence-electron chi connectivity index (χ2n) is 9.91. The molecule has 0 bridgehead atoms. The number of aromatic nitrogens is 1. The zero-order valence-corrected chi connectivity index (χ0v) is 21.7. The molecule has 198 valence electrons. The van der Waals surface area contributed by atoms with Crippen LogP contribution in [0.3, 0.4) is 0 Å². The molecule has 0 saturated heterocycles. The number of hydrogen-bond donors (Lipinski definition) is 2. The fraction of sp³-hybridized carbons (Fsp3) is 0.536. The minimum Gasteiger partial charge on any atom is -0.493 e. The molecule has 2 fully saturated rings. The lowest BCUT2D eigenvalue weighted by Crippen LogP contribution is -2.48. The number of amides is 1. The molecule has 9 heteroatoms. The maximum atomic E-state index is 13.7. The van der Waals surface area contributed by atoms with E-state index in [1.807, 2.05) is 0 Å². The molecule has 0 atom stereocenters. The number of carbonyl (C=O) groups excluding carboxylic acids is 2. The van der Waals surface area contributed by atoms with Crippen molar-refractivity contribution in [3.8, 4) is 5.88 Å². The molecule has 2 aliphatic rings. The minimum atomic E-state index is -0.791. The summed E-state index contributed by atoms with van der Waals surface area (Å²) in [7, 11) is 0. The summed E-state index contributed by atoms with van der Waals surface area (Å²) in [6.07, 6.45) is 11.5. The predicted octanol–water partition coefficient (Wildman–Crippen LogP) is 6.09. The van der Waals surface area contributed by atoms with Crippen LogP contribution in [0.2, 0.25) is 0 Å². The molecule has 0 spiro atoms. The number of carbonyl (C=O) groups is 2. The summed E-state index contributed by atoms with van der Waals surface area (Å²) in [5, 5.41) is 18.4. The van der Waals surface area contributed by atoms with Crippen molar-refractivity contribution >= 4 is 23.3 Å². The van der Waals surface area contributed by atoms with Gasteiger partial charge in [0.1, 0.15) is 11.3 Å². The summed E-state index contributed by atoms with van der Waals surface area (Å²) >= 11 is 0. The largest absolute Gasteiger partial charge is 0.493 e. The Bertz CT molecular complexity index is 1170. The number of aromatic amines is 1. The second kappa shape index (κ2) is 12.2. The van der Waals surface area contributed by atoms with E-state index in [9.17, 15) is 19.5 Å². The van der Waals surface area contributed by atoms with Gasteiger partial charge in [0, 0.05) is 23.2 Å². The lowest BCUT2D eigenvalue weighted by Gasteiger charge is -2.42. The Morgan fingerprint density at radius 2 is 1.54 bits per heavy atom. The Labute approximate surface area is 216 Å². The zero-order valence-electron chi connectivity index (χ0n) is 21.7. The number of H-pyrrole nitrogens is 1. The van der Waals surface area contributed by atoms with Gasteiger partial charge in [-0.2, -0.15) is 5.11 Å². The van der Waals surface area contributed by atoms with E-state index in [4.69, 9.17) is 4.74 Å². The number of nitrogens with one attached hydrogen (secondary N) is 1. The fourth-order valence-corrected chi connectivity index (χ4v) is 5.54. The summed E-state index contributed by atoms with van der Waals surface area (Å²) in [5.41, 5.74) is 0.272. The van der Waals surface area contributed by atoms with Crippen LogP contribution in [0, 0.1) is 6.92 Å². The molecule has 2 saturated carbocycles. The van der Waals surface area contributed by atoms with E-state index < -0.39 is 17.4 Å². The third-order valence-electron chi connectivity index (χ3n) is 7.44. The number of hydrogen-bond acceptors (Lipinski definition) is 7. The van der Waals surface area contributed by atoms with Crippen molar-refractivity contribution in [1.82, 2.24) is 9.88 Å². The van der Waals surface area contributed by atoms with Gasteiger partial charge in [0.2, 0.25) is 5.88 Å². The highest BCUT2D eigenvalue weighted by atomic mass is 16.5. The van der Waals surface area contributed by atoms with Gasteiger partial charge in [-0.25, -0.2) is 4.79 Å². The molecule has 0 aliphatic heterocycles. The van der Waals surface area contributed by atoms with E-state index in [-0.39, 0.29) is 29.3 Å². The monoisotopic (exact) mass is 508 g/mol. The maximum Gasteiger partial charge on any atom is 0.344 e. The van der Waals surface area contributed by atoms with Crippen LogP contribution in [0.1, 0.15) is 97.4 Å². The number of aromatic hydroxyl groups is 1. The van der Waals surface area contributed by atoms with Gasteiger partial charge in [-0.05, 0) is 63.8 Å². The van der Waals surface area contributed by atoms with Gasteiger partial charge in [-0.15, -0.1) is 5.11 Å². The SMILES string of the molecule is CCOC(=O)c1c(C)c(/N=N/c2ccc(C(=O)N(C3CCCCC3)C3CCCCC3)cc2)c(O)[nH]c1=O. The number of benzene rings is 1. The Hall–Kier alpha value is -3.49. The van der Waals surface area contributed by atoms with Crippen molar-refractivity contribution in [2.75, 3.05) is 6.61 Å². The molecule has 1 aromatic heterocycles. The van der Waals surface area contributed by atoms with Crippen molar-refractivity contribution in [2.45, 2.75) is 90.1 Å². The molecule has 2 aromatic rings. The van der Waals surface area contributed by atoms with Gasteiger partial charge in [-0.3, -0.25) is 14.6 Å². The molecule has 1 heterocycles. The molecule has 1 amide bonds. The fourth-order valence-electron chi connectivity index (χ4n) is 5.54. The predicted molar refractivity (Wildman–Crippen MR) is 140 cm³/mol. The maximum absolute atomic E-state index is 13.7. The third kappa shape index (κ3) is 6.09. The molecule has 0 radical (unpaired) electrons. The Morgan fingerprint density at radius 1 is 0.973 bits per heavy atom. The highest BCUT2D eigenvalue weighted by Gasteiger charge is 2.33. The number of ether oxygens (including phenoxy) is 1. The number of esters is 1. The Morgan fingerprint density at radius 3 is 2.08 bits per heavy atom. The summed E-state index contributed by atoms with van der Waals surface area (Å²) in [5.74, 6) is -1.20. The van der Waals surface area contributed by atoms with Crippen LogP contribution in [-0.4, -0.2) is 45.6 Å². The van der Waals surface area contributed by atoms with E-state index in [1.54, 1.807) is 31.2 Å². The van der Waals surface area contributed by atoms with E-state index in [1.165, 1.54) is 45.4 Å². The van der Waals surface area contributed by atoms with Crippen molar-refractivity contribution in [1.29, 1.82) is 0 Å². The normalized spacial score (nSPS) is 17.1. The quantitative estimate of drug-likeness (QED) is 0.346. The first-order valence-electron chi connectivity index (χ1n) is 13.4. The molecular formula is C28H36N4O5. The standard InChI is InChI=1S/C28H36N4O5/c1-3-37-28(36)23-18(2)24(26(34)29-25(23)33)31-30-20-16-14-19(15-17-20)27(35)32(21-10-6-4-7-11-21)22-12-8-5-9-13-22/h14-17,21-22H,3-13H2,1-2H3,(H2,29,33,34)/b31-30+. The number of azo groups is 1. The van der Waals surface area contributed by atoms with Gasteiger partial charge < -0.3 is 14.7 Å². The molecule has 9 nitrogen and oxygen atoms in total. The van der Waals surface area contributed by atoms with Crippen LogP contribution in [0.4, 0.5) is 11.4 Å². The molecule has 37 heavy (non-hydrogen) atoms. The highest BCUT2D eigenvalue weighted by Crippen LogP contribution is 2.33. The first kappa shape index (κ1) is 26.6. The first-order valence-corrected chi connectivity index (χ1v) is 13.4. The van der Waals surface area contributed by atoms with Gasteiger partial charge in [0.05, 0.1) is 12.3 Å². The van der Waals surface area contributed by atoms with Crippen LogP contribution < -0.4 is 5.56 Å². The Kier molecular flexibility index (Phi) is 8.74. The van der Waals surface area contributed by atoms with E-state index in [0.717, 1.165) is 25.7 Å². The summed E-state index contributed by atoms with van der Waals surface area (Å²) in [6, 6.07) is 7.56. The van der Waals surface area contributed by atoms with E-state index in [2.05, 4.69) is 20.1 Å².